The Labute approximate surface area is 111 Å². The monoisotopic (exact) mass is 250 g/mol. The van der Waals surface area contributed by atoms with Crippen molar-refractivity contribution in [3.05, 3.63) is 23.8 Å². The SMILES string of the molecule is CCOc1ccc(CCCNC(C)(C)C)cc1N. The van der Waals surface area contributed by atoms with Gasteiger partial charge in [0.25, 0.3) is 0 Å². The van der Waals surface area contributed by atoms with Crippen molar-refractivity contribution in [3.8, 4) is 5.75 Å². The highest BCUT2D eigenvalue weighted by molar-refractivity contribution is 5.54. The molecule has 0 aliphatic heterocycles. The van der Waals surface area contributed by atoms with Crippen LogP contribution in [-0.4, -0.2) is 18.7 Å². The molecule has 0 aliphatic rings. The molecule has 0 unspecified atom stereocenters. The number of benzene rings is 1. The Hall–Kier alpha value is -1.22. The summed E-state index contributed by atoms with van der Waals surface area (Å²) in [5.41, 5.74) is 8.14. The molecule has 0 amide bonds. The van der Waals surface area contributed by atoms with Gasteiger partial charge in [-0.15, -0.1) is 0 Å². The summed E-state index contributed by atoms with van der Waals surface area (Å²) in [6, 6.07) is 6.08. The van der Waals surface area contributed by atoms with Crippen LogP contribution in [0.5, 0.6) is 5.75 Å². The molecule has 3 nitrogen and oxygen atoms in total. The van der Waals surface area contributed by atoms with E-state index in [9.17, 15) is 0 Å². The molecule has 0 bridgehead atoms. The van der Waals surface area contributed by atoms with E-state index in [1.165, 1.54) is 5.56 Å². The van der Waals surface area contributed by atoms with Gasteiger partial charge in [-0.25, -0.2) is 0 Å². The highest BCUT2D eigenvalue weighted by atomic mass is 16.5. The number of anilines is 1. The number of nitrogens with two attached hydrogens (primary N) is 1. The summed E-state index contributed by atoms with van der Waals surface area (Å²) in [5.74, 6) is 0.786. The van der Waals surface area contributed by atoms with Crippen molar-refractivity contribution in [2.75, 3.05) is 18.9 Å². The number of hydrogen-bond donors (Lipinski definition) is 2. The van der Waals surface area contributed by atoms with Gasteiger partial charge in [0.1, 0.15) is 5.75 Å². The molecule has 0 radical (unpaired) electrons. The van der Waals surface area contributed by atoms with Crippen LogP contribution in [0.1, 0.15) is 39.7 Å². The quantitative estimate of drug-likeness (QED) is 0.603. The lowest BCUT2D eigenvalue weighted by Gasteiger charge is -2.20. The summed E-state index contributed by atoms with van der Waals surface area (Å²) in [5, 5.41) is 3.48. The topological polar surface area (TPSA) is 47.3 Å². The second-order valence-electron chi connectivity index (χ2n) is 5.59. The lowest BCUT2D eigenvalue weighted by molar-refractivity contribution is 0.342. The summed E-state index contributed by atoms with van der Waals surface area (Å²) in [4.78, 5) is 0. The Morgan fingerprint density at radius 3 is 2.56 bits per heavy atom. The molecular weight excluding hydrogens is 224 g/mol. The molecule has 0 spiro atoms. The molecule has 0 atom stereocenters. The maximum absolute atomic E-state index is 5.94. The highest BCUT2D eigenvalue weighted by Gasteiger charge is 2.07. The Kier molecular flexibility index (Phi) is 5.48. The van der Waals surface area contributed by atoms with Crippen molar-refractivity contribution in [1.82, 2.24) is 5.32 Å². The van der Waals surface area contributed by atoms with Crippen molar-refractivity contribution in [1.29, 1.82) is 0 Å². The second-order valence-corrected chi connectivity index (χ2v) is 5.59. The van der Waals surface area contributed by atoms with E-state index in [1.54, 1.807) is 0 Å². The van der Waals surface area contributed by atoms with Crippen molar-refractivity contribution < 1.29 is 4.74 Å². The molecule has 1 rings (SSSR count). The zero-order valence-electron chi connectivity index (χ0n) is 12.0. The van der Waals surface area contributed by atoms with Crippen molar-refractivity contribution in [2.45, 2.75) is 46.1 Å². The predicted molar refractivity (Wildman–Crippen MR) is 78.1 cm³/mol. The maximum atomic E-state index is 5.94. The molecule has 0 aliphatic carbocycles. The van der Waals surface area contributed by atoms with E-state index in [-0.39, 0.29) is 5.54 Å². The number of hydrogen-bond acceptors (Lipinski definition) is 3. The average molecular weight is 250 g/mol. The Balaban J connectivity index is 2.41. The fraction of sp³-hybridized carbons (Fsp3) is 0.600. The van der Waals surface area contributed by atoms with Crippen LogP contribution in [0.15, 0.2) is 18.2 Å². The van der Waals surface area contributed by atoms with Gasteiger partial charge < -0.3 is 15.8 Å². The minimum atomic E-state index is 0.192. The van der Waals surface area contributed by atoms with Gasteiger partial charge in [-0.1, -0.05) is 6.07 Å². The fourth-order valence-electron chi connectivity index (χ4n) is 1.80. The molecule has 1 aromatic carbocycles. The lowest BCUT2D eigenvalue weighted by atomic mass is 10.1. The zero-order valence-corrected chi connectivity index (χ0v) is 12.0. The molecule has 0 fully saturated rings. The summed E-state index contributed by atoms with van der Waals surface area (Å²) in [6.07, 6.45) is 2.16. The predicted octanol–water partition coefficient (Wildman–Crippen LogP) is 2.99. The van der Waals surface area contributed by atoms with Crippen LogP contribution in [0.4, 0.5) is 5.69 Å². The van der Waals surface area contributed by atoms with E-state index in [4.69, 9.17) is 10.5 Å². The van der Waals surface area contributed by atoms with Gasteiger partial charge in [0.2, 0.25) is 0 Å². The molecule has 3 heteroatoms. The molecule has 102 valence electrons. The second kappa shape index (κ2) is 6.64. The third kappa shape index (κ3) is 5.41. The van der Waals surface area contributed by atoms with Crippen LogP contribution >= 0.6 is 0 Å². The van der Waals surface area contributed by atoms with Gasteiger partial charge in [0.05, 0.1) is 12.3 Å². The fourth-order valence-corrected chi connectivity index (χ4v) is 1.80. The van der Waals surface area contributed by atoms with E-state index in [2.05, 4.69) is 32.2 Å². The average Bonchev–Trinajstić information content (AvgIpc) is 2.27. The van der Waals surface area contributed by atoms with E-state index >= 15 is 0 Å². The highest BCUT2D eigenvalue weighted by Crippen LogP contribution is 2.23. The zero-order chi connectivity index (χ0) is 13.6. The first kappa shape index (κ1) is 14.8. The van der Waals surface area contributed by atoms with E-state index in [0.717, 1.165) is 30.8 Å². The van der Waals surface area contributed by atoms with Crippen molar-refractivity contribution >= 4 is 5.69 Å². The van der Waals surface area contributed by atoms with Crippen molar-refractivity contribution in [2.24, 2.45) is 0 Å². The first-order valence-electron chi connectivity index (χ1n) is 6.68. The van der Waals surface area contributed by atoms with Crippen LogP contribution in [0.25, 0.3) is 0 Å². The van der Waals surface area contributed by atoms with Crippen molar-refractivity contribution in [3.63, 3.8) is 0 Å². The van der Waals surface area contributed by atoms with Crippen LogP contribution in [-0.2, 0) is 6.42 Å². The Bertz CT molecular complexity index is 369. The van der Waals surface area contributed by atoms with Crippen LogP contribution in [0, 0.1) is 0 Å². The summed E-state index contributed by atoms with van der Waals surface area (Å²) in [7, 11) is 0. The van der Waals surface area contributed by atoms with Gasteiger partial charge in [0.15, 0.2) is 0 Å². The van der Waals surface area contributed by atoms with E-state index < -0.39 is 0 Å². The van der Waals surface area contributed by atoms with E-state index in [1.807, 2.05) is 19.1 Å². The van der Waals surface area contributed by atoms with Gasteiger partial charge in [-0.3, -0.25) is 0 Å². The van der Waals surface area contributed by atoms with Crippen LogP contribution < -0.4 is 15.8 Å². The van der Waals surface area contributed by atoms with Gasteiger partial charge in [-0.05, 0) is 64.8 Å². The molecule has 0 saturated heterocycles. The van der Waals surface area contributed by atoms with Gasteiger partial charge in [-0.2, -0.15) is 0 Å². The molecule has 18 heavy (non-hydrogen) atoms. The number of rotatable bonds is 6. The molecular formula is C15H26N2O. The molecule has 1 aromatic rings. The third-order valence-electron chi connectivity index (χ3n) is 2.67. The minimum absolute atomic E-state index is 0.192. The molecule has 0 heterocycles. The normalized spacial score (nSPS) is 11.6. The molecule has 0 saturated carbocycles. The largest absolute Gasteiger partial charge is 0.492 e. The van der Waals surface area contributed by atoms with Gasteiger partial charge >= 0.3 is 0 Å². The summed E-state index contributed by atoms with van der Waals surface area (Å²) < 4.78 is 5.42. The lowest BCUT2D eigenvalue weighted by Crippen LogP contribution is -2.36. The first-order chi connectivity index (χ1) is 8.42. The maximum Gasteiger partial charge on any atom is 0.142 e. The number of nitrogens with one attached hydrogen (secondary N) is 1. The first-order valence-corrected chi connectivity index (χ1v) is 6.68. The van der Waals surface area contributed by atoms with E-state index in [0.29, 0.717) is 6.61 Å². The minimum Gasteiger partial charge on any atom is -0.492 e. The van der Waals surface area contributed by atoms with Crippen LogP contribution in [0.2, 0.25) is 0 Å². The number of nitrogen functional groups attached to an aromatic ring is 1. The smallest absolute Gasteiger partial charge is 0.142 e. The summed E-state index contributed by atoms with van der Waals surface area (Å²) in [6.45, 7) is 10.2. The molecule has 3 N–H and O–H groups in total. The Morgan fingerprint density at radius 2 is 2.00 bits per heavy atom. The van der Waals surface area contributed by atoms with Crippen LogP contribution in [0.3, 0.4) is 0 Å². The summed E-state index contributed by atoms with van der Waals surface area (Å²) >= 11 is 0. The number of aryl methyl sites for hydroxylation is 1. The standard InChI is InChI=1S/C15H26N2O/c1-5-18-14-9-8-12(11-13(14)16)7-6-10-17-15(2,3)4/h8-9,11,17H,5-7,10,16H2,1-4H3. The Morgan fingerprint density at radius 1 is 1.28 bits per heavy atom. The van der Waals surface area contributed by atoms with Gasteiger partial charge in [0, 0.05) is 5.54 Å². The third-order valence-corrected chi connectivity index (χ3v) is 2.67. The molecule has 0 aromatic heterocycles. The number of ether oxygens (including phenoxy) is 1.